The number of likely N-dealkylation sites (tertiary alicyclic amines) is 2. The normalized spacial score (nSPS) is 18.2. The van der Waals surface area contributed by atoms with Crippen LogP contribution in [0.4, 0.5) is 9.59 Å². The number of amides is 5. The minimum atomic E-state index is -0.994. The molecular formula is C45H63N5O9. The van der Waals surface area contributed by atoms with E-state index in [0.717, 1.165) is 11.1 Å². The van der Waals surface area contributed by atoms with E-state index in [1.807, 2.05) is 72.8 Å². The summed E-state index contributed by atoms with van der Waals surface area (Å²) >= 11 is 0. The van der Waals surface area contributed by atoms with Crippen molar-refractivity contribution in [1.29, 1.82) is 0 Å². The van der Waals surface area contributed by atoms with Crippen LogP contribution in [0.15, 0.2) is 72.8 Å². The van der Waals surface area contributed by atoms with E-state index in [2.05, 4.69) is 29.8 Å². The van der Waals surface area contributed by atoms with Crippen LogP contribution in [0, 0.1) is 11.8 Å². The third kappa shape index (κ3) is 15.0. The molecule has 14 nitrogen and oxygen atoms in total. The lowest BCUT2D eigenvalue weighted by molar-refractivity contribution is -0.149. The zero-order chi connectivity index (χ0) is 43.0. The molecule has 0 aromatic heterocycles. The van der Waals surface area contributed by atoms with E-state index in [4.69, 9.17) is 14.2 Å². The maximum atomic E-state index is 14.5. The van der Waals surface area contributed by atoms with Gasteiger partial charge in [-0.2, -0.15) is 0 Å². The van der Waals surface area contributed by atoms with Crippen LogP contribution in [0.1, 0.15) is 90.7 Å². The molecule has 2 aromatic rings. The van der Waals surface area contributed by atoms with Crippen LogP contribution in [-0.4, -0.2) is 102 Å². The summed E-state index contributed by atoms with van der Waals surface area (Å²) in [7, 11) is 1.24. The molecule has 2 aliphatic heterocycles. The number of hydrogen-bond acceptors (Lipinski definition) is 9. The van der Waals surface area contributed by atoms with Crippen molar-refractivity contribution in [2.45, 2.75) is 122 Å². The summed E-state index contributed by atoms with van der Waals surface area (Å²) in [5, 5.41) is 8.39. The highest BCUT2D eigenvalue weighted by atomic mass is 16.6. The maximum Gasteiger partial charge on any atom is 0.408 e. The van der Waals surface area contributed by atoms with Crippen molar-refractivity contribution in [3.05, 3.63) is 83.9 Å². The van der Waals surface area contributed by atoms with Gasteiger partial charge in [0.1, 0.15) is 30.3 Å². The molecule has 0 unspecified atom stereocenters. The average molecular weight is 818 g/mol. The number of nitrogens with zero attached hydrogens (tertiary/aromatic N) is 2. The highest BCUT2D eigenvalue weighted by Crippen LogP contribution is 2.28. The van der Waals surface area contributed by atoms with Crippen LogP contribution in [0.5, 0.6) is 0 Å². The summed E-state index contributed by atoms with van der Waals surface area (Å²) in [5.74, 6) is -1.99. The quantitative estimate of drug-likeness (QED) is 0.0740. The first-order chi connectivity index (χ1) is 28.1. The lowest BCUT2D eigenvalue weighted by Gasteiger charge is -2.33. The van der Waals surface area contributed by atoms with Gasteiger partial charge in [0.05, 0.1) is 19.1 Å². The first-order valence-corrected chi connectivity index (χ1v) is 20.8. The summed E-state index contributed by atoms with van der Waals surface area (Å²) in [5.41, 5.74) is 1.13. The summed E-state index contributed by atoms with van der Waals surface area (Å²) in [6.45, 7) is 10.6. The first kappa shape index (κ1) is 46.3. The number of ether oxygens (including phenoxy) is 3. The average Bonchev–Trinajstić information content (AvgIpc) is 3.90. The highest BCUT2D eigenvalue weighted by Gasteiger charge is 2.43. The maximum absolute atomic E-state index is 14.5. The predicted octanol–water partition coefficient (Wildman–Crippen LogP) is 5.69. The lowest BCUT2D eigenvalue weighted by Crippen LogP contribution is -2.55. The molecule has 2 heterocycles. The Morgan fingerprint density at radius 3 is 2.07 bits per heavy atom. The molecule has 0 aliphatic carbocycles. The van der Waals surface area contributed by atoms with Crippen molar-refractivity contribution >= 4 is 35.9 Å². The number of carbonyl (C=O) groups excluding carboxylic acids is 6. The molecule has 0 bridgehead atoms. The topological polar surface area (TPSA) is 173 Å². The van der Waals surface area contributed by atoms with Gasteiger partial charge in [0.2, 0.25) is 17.7 Å². The van der Waals surface area contributed by atoms with Gasteiger partial charge in [-0.05, 0) is 89.2 Å². The summed E-state index contributed by atoms with van der Waals surface area (Å²) in [4.78, 5) is 83.4. The van der Waals surface area contributed by atoms with E-state index < -0.39 is 53.7 Å². The van der Waals surface area contributed by atoms with Crippen molar-refractivity contribution < 1.29 is 43.0 Å². The number of rotatable bonds is 18. The first-order valence-electron chi connectivity index (χ1n) is 20.8. The molecule has 2 aromatic carbocycles. The number of benzene rings is 2. The third-order valence-electron chi connectivity index (χ3n) is 10.2. The Kier molecular flexibility index (Phi) is 17.8. The van der Waals surface area contributed by atoms with E-state index in [1.165, 1.54) is 12.0 Å². The minimum absolute atomic E-state index is 0.121. The molecule has 2 saturated heterocycles. The van der Waals surface area contributed by atoms with E-state index in [-0.39, 0.29) is 43.3 Å². The largest absolute Gasteiger partial charge is 0.467 e. The molecule has 2 fully saturated rings. The molecule has 5 atom stereocenters. The Balaban J connectivity index is 1.41. The van der Waals surface area contributed by atoms with Crippen molar-refractivity contribution in [2.75, 3.05) is 26.7 Å². The second-order valence-electron chi connectivity index (χ2n) is 16.7. The monoisotopic (exact) mass is 817 g/mol. The minimum Gasteiger partial charge on any atom is -0.467 e. The van der Waals surface area contributed by atoms with Crippen LogP contribution in [0.3, 0.4) is 0 Å². The van der Waals surface area contributed by atoms with Gasteiger partial charge in [0, 0.05) is 19.6 Å². The number of esters is 1. The molecule has 0 radical (unpaired) electrons. The number of carbonyl (C=O) groups is 6. The Bertz CT molecular complexity index is 1730. The Hall–Kier alpha value is -5.40. The zero-order valence-electron chi connectivity index (χ0n) is 35.4. The van der Waals surface area contributed by atoms with Crippen LogP contribution in [-0.2, 0) is 46.4 Å². The van der Waals surface area contributed by atoms with Gasteiger partial charge in [-0.1, -0.05) is 86.7 Å². The molecule has 2 aliphatic rings. The van der Waals surface area contributed by atoms with Gasteiger partial charge in [-0.15, -0.1) is 0 Å². The zero-order valence-corrected chi connectivity index (χ0v) is 35.4. The fourth-order valence-electron chi connectivity index (χ4n) is 7.45. The molecule has 0 spiro atoms. The molecule has 3 N–H and O–H groups in total. The van der Waals surface area contributed by atoms with Gasteiger partial charge in [0.25, 0.3) is 0 Å². The van der Waals surface area contributed by atoms with Crippen LogP contribution >= 0.6 is 0 Å². The predicted molar refractivity (Wildman–Crippen MR) is 223 cm³/mol. The SMILES string of the molecule is COC(=O)[C@H](CCCNC(=O)OCc1ccccc1)NC(=O)[C@@H]1CCCN1C(=O)[C@@H]1CCCN1C(=O)[C@@H](/C=C/[C@H](CC(C)C)NC(=O)OC(C)(C)C)Cc1ccccc1. The Morgan fingerprint density at radius 1 is 0.814 bits per heavy atom. The van der Waals surface area contributed by atoms with Crippen LogP contribution in [0.2, 0.25) is 0 Å². The second-order valence-corrected chi connectivity index (χ2v) is 16.7. The van der Waals surface area contributed by atoms with Crippen molar-refractivity contribution in [3.8, 4) is 0 Å². The molecule has 5 amide bonds. The lowest BCUT2D eigenvalue weighted by atomic mass is 9.94. The van der Waals surface area contributed by atoms with Crippen molar-refractivity contribution in [3.63, 3.8) is 0 Å². The molecule has 59 heavy (non-hydrogen) atoms. The molecule has 4 rings (SSSR count). The van der Waals surface area contributed by atoms with Crippen molar-refractivity contribution in [2.24, 2.45) is 11.8 Å². The van der Waals surface area contributed by atoms with Gasteiger partial charge in [0.15, 0.2) is 0 Å². The van der Waals surface area contributed by atoms with Gasteiger partial charge >= 0.3 is 18.2 Å². The van der Waals surface area contributed by atoms with E-state index in [1.54, 1.807) is 25.7 Å². The Labute approximate surface area is 348 Å². The highest BCUT2D eigenvalue weighted by molar-refractivity contribution is 5.95. The third-order valence-corrected chi connectivity index (χ3v) is 10.2. The van der Waals surface area contributed by atoms with Gasteiger partial charge < -0.3 is 40.0 Å². The smallest absolute Gasteiger partial charge is 0.408 e. The molecular weight excluding hydrogens is 755 g/mol. The van der Waals surface area contributed by atoms with E-state index >= 15 is 0 Å². The van der Waals surface area contributed by atoms with Crippen LogP contribution in [0.25, 0.3) is 0 Å². The molecule has 0 saturated carbocycles. The van der Waals surface area contributed by atoms with E-state index in [9.17, 15) is 28.8 Å². The standard InChI is InChI=1S/C45H63N5O9/c1-31(2)28-35(47-44(56)59-45(3,4)5)24-23-34(29-32-16-9-7-10-17-32)40(52)50-27-15-22-38(50)41(53)49-26-14-21-37(49)39(51)48-36(42(54)57-6)20-13-25-46-43(55)58-30-33-18-11-8-12-19-33/h7-12,16-19,23-24,31,34-38H,13-15,20-22,25-30H2,1-6H3,(H,46,55)(H,47,56)(H,48,51)/b24-23+/t34-,35+,36-,37-,38-/m0/s1. The second kappa shape index (κ2) is 22.7. The van der Waals surface area contributed by atoms with E-state index in [0.29, 0.717) is 58.0 Å². The fourth-order valence-corrected chi connectivity index (χ4v) is 7.45. The Morgan fingerprint density at radius 2 is 1.44 bits per heavy atom. The summed E-state index contributed by atoms with van der Waals surface area (Å²) in [6.07, 6.45) is 6.18. The summed E-state index contributed by atoms with van der Waals surface area (Å²) < 4.78 is 15.7. The van der Waals surface area contributed by atoms with Crippen LogP contribution < -0.4 is 16.0 Å². The number of alkyl carbamates (subject to hydrolysis) is 2. The molecule has 322 valence electrons. The fraction of sp³-hybridized carbons (Fsp3) is 0.556. The van der Waals surface area contributed by atoms with Gasteiger partial charge in [-0.3, -0.25) is 14.4 Å². The van der Waals surface area contributed by atoms with Gasteiger partial charge in [-0.25, -0.2) is 14.4 Å². The number of nitrogens with one attached hydrogen (secondary N) is 3. The van der Waals surface area contributed by atoms with Crippen molar-refractivity contribution in [1.82, 2.24) is 25.8 Å². The molecule has 14 heteroatoms. The number of hydrogen-bond donors (Lipinski definition) is 3. The number of methoxy groups -OCH3 is 1. The summed E-state index contributed by atoms with van der Waals surface area (Å²) in [6, 6.07) is 16.0.